The Kier molecular flexibility index (Phi) is 12.8. The van der Waals surface area contributed by atoms with E-state index in [1.165, 1.54) is 0 Å². The molecule has 0 aliphatic heterocycles. The number of carbonyl (C=O) groups is 1. The molecule has 0 radical (unpaired) electrons. The Labute approximate surface area is 298 Å². The quantitative estimate of drug-likeness (QED) is 0.199. The molecular weight excluding hydrogens is 626 g/mol. The zero-order valence-corrected chi connectivity index (χ0v) is 31.5. The van der Waals surface area contributed by atoms with Crippen molar-refractivity contribution in [2.75, 3.05) is 72.1 Å². The summed E-state index contributed by atoms with van der Waals surface area (Å²) in [6, 6.07) is 6.51. The molecule has 2 aliphatic carbocycles. The van der Waals surface area contributed by atoms with Gasteiger partial charge in [-0.15, -0.1) is 0 Å². The molecule has 3 aromatic rings. The number of allylic oxidation sites excluding steroid dienone is 1. The predicted octanol–water partition coefficient (Wildman–Crippen LogP) is 5.64. The van der Waals surface area contributed by atoms with Crippen LogP contribution in [0, 0.1) is 0 Å². The van der Waals surface area contributed by atoms with Gasteiger partial charge in [0.1, 0.15) is 5.76 Å². The summed E-state index contributed by atoms with van der Waals surface area (Å²) in [5.74, 6) is 1.22. The number of hydrogen-bond acceptors (Lipinski definition) is 9. The fourth-order valence-corrected chi connectivity index (χ4v) is 7.00. The Morgan fingerprint density at radius 2 is 1.76 bits per heavy atom. The van der Waals surface area contributed by atoms with Gasteiger partial charge in [-0.05, 0) is 103 Å². The third-order valence-corrected chi connectivity index (χ3v) is 9.82. The molecule has 1 atom stereocenters. The smallest absolute Gasteiger partial charge is 0.276 e. The Balaban J connectivity index is 1.49. The van der Waals surface area contributed by atoms with E-state index in [2.05, 4.69) is 105 Å². The predicted molar refractivity (Wildman–Crippen MR) is 203 cm³/mol. The minimum absolute atomic E-state index is 0.164. The maximum atomic E-state index is 14.1. The second kappa shape index (κ2) is 17.2. The van der Waals surface area contributed by atoms with E-state index in [4.69, 9.17) is 19.8 Å². The van der Waals surface area contributed by atoms with Crippen molar-refractivity contribution < 1.29 is 9.53 Å². The lowest BCUT2D eigenvalue weighted by Crippen LogP contribution is -2.40. The number of likely N-dealkylation sites (N-methyl/N-ethyl adjacent to an activating group) is 2. The highest BCUT2D eigenvalue weighted by Crippen LogP contribution is 2.35. The molecule has 2 heterocycles. The number of methoxy groups -OCH3 is 1. The van der Waals surface area contributed by atoms with Crippen LogP contribution in [0.15, 0.2) is 48.0 Å². The zero-order valence-electron chi connectivity index (χ0n) is 31.5. The molecule has 50 heavy (non-hydrogen) atoms. The molecule has 0 spiro atoms. The molecule has 2 N–H and O–H groups in total. The molecule has 11 nitrogen and oxygen atoms in total. The summed E-state index contributed by atoms with van der Waals surface area (Å²) in [5, 5.41) is 11.8. The van der Waals surface area contributed by atoms with Crippen molar-refractivity contribution in [3.63, 3.8) is 0 Å². The van der Waals surface area contributed by atoms with E-state index in [1.807, 2.05) is 10.9 Å². The number of carbonyl (C=O) groups excluding carboxylic acids is 1. The molecule has 11 heteroatoms. The molecular formula is C39H57N9O2. The standard InChI is InChI=1S/C39H57N9O2/c1-9-27-15-12-16-28(10-2)34(27)42-38(49)36-31-18-13-17-29-26-40-39(43-35(29)37(31)48(44-36)22-14-21-45(4)5)41-32-20-19-30(25-33(32)50-8)47(11-3)24-23-46(6)7/h12,15-16,19-20,26,30H,9-11,13-14,17-18,21-25H2,1-8H3,(H,42,49)(H,40,41,43). The number of aromatic nitrogens is 4. The van der Waals surface area contributed by atoms with Crippen LogP contribution >= 0.6 is 0 Å². The monoisotopic (exact) mass is 683 g/mol. The van der Waals surface area contributed by atoms with Crippen LogP contribution in [0.2, 0.25) is 0 Å². The number of rotatable bonds is 16. The van der Waals surface area contributed by atoms with Crippen molar-refractivity contribution in [3.05, 3.63) is 76.0 Å². The number of para-hydroxylation sites is 1. The van der Waals surface area contributed by atoms with Crippen LogP contribution in [-0.4, -0.2) is 108 Å². The van der Waals surface area contributed by atoms with Crippen molar-refractivity contribution in [1.29, 1.82) is 0 Å². The molecule has 1 aromatic carbocycles. The van der Waals surface area contributed by atoms with Gasteiger partial charge in [0.15, 0.2) is 5.69 Å². The number of nitrogens with one attached hydrogen (secondary N) is 2. The molecule has 0 bridgehead atoms. The van der Waals surface area contributed by atoms with Crippen LogP contribution in [0.25, 0.3) is 11.4 Å². The van der Waals surface area contributed by atoms with Crippen molar-refractivity contribution in [3.8, 4) is 11.4 Å². The Morgan fingerprint density at radius 3 is 2.42 bits per heavy atom. The van der Waals surface area contributed by atoms with Gasteiger partial charge < -0.3 is 25.2 Å². The van der Waals surface area contributed by atoms with E-state index in [0.29, 0.717) is 18.2 Å². The number of nitrogens with zero attached hydrogens (tertiary/aromatic N) is 7. The van der Waals surface area contributed by atoms with E-state index < -0.39 is 0 Å². The molecule has 0 saturated carbocycles. The van der Waals surface area contributed by atoms with Crippen molar-refractivity contribution in [1.82, 2.24) is 34.4 Å². The maximum absolute atomic E-state index is 14.1. The number of fused-ring (bicyclic) bond motifs is 3. The van der Waals surface area contributed by atoms with Crippen LogP contribution in [0.5, 0.6) is 0 Å². The lowest BCUT2D eigenvalue weighted by molar-refractivity contribution is 0.102. The van der Waals surface area contributed by atoms with E-state index in [0.717, 1.165) is 122 Å². The van der Waals surface area contributed by atoms with Gasteiger partial charge in [0.05, 0.1) is 24.2 Å². The SMILES string of the molecule is CCc1cccc(CC)c1NC(=O)c1nn(CCCN(C)C)c2c1CCCc1cnc(NC3=C(OC)CC(N(CC)CCN(C)C)C=C3)nc1-2. The first-order chi connectivity index (χ1) is 24.2. The van der Waals surface area contributed by atoms with Crippen LogP contribution in [0.1, 0.15) is 72.8 Å². The normalized spacial score (nSPS) is 15.8. The summed E-state index contributed by atoms with van der Waals surface area (Å²) in [7, 11) is 10.1. The highest BCUT2D eigenvalue weighted by Gasteiger charge is 2.30. The minimum atomic E-state index is -0.164. The largest absolute Gasteiger partial charge is 0.499 e. The summed E-state index contributed by atoms with van der Waals surface area (Å²) in [4.78, 5) is 30.9. The molecule has 2 aromatic heterocycles. The average molecular weight is 684 g/mol. The van der Waals surface area contributed by atoms with Crippen LogP contribution in [0.4, 0.5) is 11.6 Å². The van der Waals surface area contributed by atoms with Gasteiger partial charge in [-0.3, -0.25) is 14.4 Å². The molecule has 0 fully saturated rings. The summed E-state index contributed by atoms with van der Waals surface area (Å²) in [6.45, 7) is 11.0. The van der Waals surface area contributed by atoms with Crippen molar-refractivity contribution in [2.45, 2.75) is 78.3 Å². The summed E-state index contributed by atoms with van der Waals surface area (Å²) in [6.07, 6.45) is 12.1. The van der Waals surface area contributed by atoms with Crippen molar-refractivity contribution in [2.24, 2.45) is 0 Å². The molecule has 270 valence electrons. The Hall–Kier alpha value is -4.06. The summed E-state index contributed by atoms with van der Waals surface area (Å²) < 4.78 is 7.93. The van der Waals surface area contributed by atoms with E-state index in [1.54, 1.807) is 7.11 Å². The van der Waals surface area contributed by atoms with Crippen LogP contribution in [0.3, 0.4) is 0 Å². The highest BCUT2D eigenvalue weighted by molar-refractivity contribution is 6.05. The van der Waals surface area contributed by atoms with Crippen LogP contribution in [-0.2, 0) is 37.0 Å². The number of aryl methyl sites for hydroxylation is 4. The first-order valence-electron chi connectivity index (χ1n) is 18.3. The van der Waals surface area contributed by atoms with Gasteiger partial charge >= 0.3 is 0 Å². The average Bonchev–Trinajstić information content (AvgIpc) is 3.36. The van der Waals surface area contributed by atoms with E-state index in [9.17, 15) is 4.79 Å². The van der Waals surface area contributed by atoms with Gasteiger partial charge in [-0.2, -0.15) is 5.10 Å². The number of benzene rings is 1. The minimum Gasteiger partial charge on any atom is -0.499 e. The lowest BCUT2D eigenvalue weighted by atomic mass is 10.0. The molecule has 0 saturated heterocycles. The summed E-state index contributed by atoms with van der Waals surface area (Å²) in [5.41, 5.74) is 8.31. The highest BCUT2D eigenvalue weighted by atomic mass is 16.5. The second-order valence-electron chi connectivity index (χ2n) is 13.8. The third kappa shape index (κ3) is 8.62. The van der Waals surface area contributed by atoms with Gasteiger partial charge in [0.2, 0.25) is 5.95 Å². The molecule has 1 amide bonds. The fourth-order valence-electron chi connectivity index (χ4n) is 7.00. The van der Waals surface area contributed by atoms with E-state index >= 15 is 0 Å². The fraction of sp³-hybridized carbons (Fsp3) is 0.538. The Bertz CT molecular complexity index is 1670. The number of amides is 1. The number of ether oxygens (including phenoxy) is 1. The first kappa shape index (κ1) is 37.2. The third-order valence-electron chi connectivity index (χ3n) is 9.82. The van der Waals surface area contributed by atoms with E-state index in [-0.39, 0.29) is 11.9 Å². The number of anilines is 2. The lowest BCUT2D eigenvalue weighted by Gasteiger charge is -2.32. The second-order valence-corrected chi connectivity index (χ2v) is 13.8. The van der Waals surface area contributed by atoms with Gasteiger partial charge in [0.25, 0.3) is 5.91 Å². The first-order valence-corrected chi connectivity index (χ1v) is 18.3. The zero-order chi connectivity index (χ0) is 35.8. The Morgan fingerprint density at radius 1 is 1.02 bits per heavy atom. The topological polar surface area (TPSA) is 104 Å². The van der Waals surface area contributed by atoms with Gasteiger partial charge in [-0.25, -0.2) is 9.97 Å². The van der Waals surface area contributed by atoms with Gasteiger partial charge in [0, 0.05) is 49.5 Å². The maximum Gasteiger partial charge on any atom is 0.276 e. The summed E-state index contributed by atoms with van der Waals surface area (Å²) >= 11 is 0. The van der Waals surface area contributed by atoms with Crippen molar-refractivity contribution >= 4 is 17.5 Å². The molecule has 1 unspecified atom stereocenters. The molecule has 5 rings (SSSR count). The molecule has 2 aliphatic rings. The van der Waals surface area contributed by atoms with Gasteiger partial charge in [-0.1, -0.05) is 45.0 Å². The van der Waals surface area contributed by atoms with Crippen LogP contribution < -0.4 is 10.6 Å². The number of hydrogen-bond donors (Lipinski definition) is 2.